The van der Waals surface area contributed by atoms with Gasteiger partial charge in [-0.3, -0.25) is 14.4 Å². The van der Waals surface area contributed by atoms with Gasteiger partial charge >= 0.3 is 0 Å². The fourth-order valence-corrected chi connectivity index (χ4v) is 4.84. The van der Waals surface area contributed by atoms with Crippen molar-refractivity contribution < 1.29 is 14.4 Å². The van der Waals surface area contributed by atoms with Crippen molar-refractivity contribution in [3.05, 3.63) is 89.6 Å². The molecule has 0 aliphatic carbocycles. The minimum Gasteiger partial charge on any atom is -0.359 e. The lowest BCUT2D eigenvalue weighted by Gasteiger charge is -2.32. The number of hydrogen-bond acceptors (Lipinski definition) is 5. The highest BCUT2D eigenvalue weighted by molar-refractivity contribution is 6.24. The molecule has 6 heteroatoms. The Morgan fingerprint density at radius 1 is 0.968 bits per heavy atom. The van der Waals surface area contributed by atoms with E-state index in [2.05, 4.69) is 6.07 Å². The van der Waals surface area contributed by atoms with E-state index in [1.165, 1.54) is 4.90 Å². The number of hydrogen-bond donors (Lipinski definition) is 0. The highest BCUT2D eigenvalue weighted by Gasteiger charge is 2.63. The first kappa shape index (κ1) is 19.0. The number of ketones is 1. The number of amides is 2. The van der Waals surface area contributed by atoms with Gasteiger partial charge in [-0.1, -0.05) is 48.0 Å². The van der Waals surface area contributed by atoms with Gasteiger partial charge in [-0.2, -0.15) is 5.26 Å². The standard InChI is InChI=1S/C25H19N3O3/c1-15-7-9-18(10-8-15)28-24(30)20-19-13-16(14-26)11-12-27(19)22(21(20)25(28)31)23(29)17-5-3-2-4-6-17/h2-13,19-22H,1H3/t19-,20-,21-,22-/m0/s1. The Labute approximate surface area is 179 Å². The molecule has 2 amide bonds. The summed E-state index contributed by atoms with van der Waals surface area (Å²) in [5, 5.41) is 9.36. The third kappa shape index (κ3) is 2.82. The number of nitrogens with zero attached hydrogens (tertiary/aromatic N) is 3. The van der Waals surface area contributed by atoms with Gasteiger partial charge in [0.05, 0.1) is 35.2 Å². The molecule has 6 nitrogen and oxygen atoms in total. The van der Waals surface area contributed by atoms with Crippen molar-refractivity contribution in [2.24, 2.45) is 11.8 Å². The van der Waals surface area contributed by atoms with Crippen LogP contribution in [0, 0.1) is 30.1 Å². The van der Waals surface area contributed by atoms with Crippen molar-refractivity contribution in [1.82, 2.24) is 4.90 Å². The Hall–Kier alpha value is -3.98. The van der Waals surface area contributed by atoms with Crippen molar-refractivity contribution in [1.29, 1.82) is 5.26 Å². The first-order valence-corrected chi connectivity index (χ1v) is 10.1. The lowest BCUT2D eigenvalue weighted by molar-refractivity contribution is -0.123. The minimum absolute atomic E-state index is 0.205. The van der Waals surface area contributed by atoms with E-state index in [1.54, 1.807) is 59.7 Å². The number of fused-ring (bicyclic) bond motifs is 3. The van der Waals surface area contributed by atoms with Crippen LogP contribution < -0.4 is 4.90 Å². The third-order valence-corrected chi connectivity index (χ3v) is 6.30. The van der Waals surface area contributed by atoms with Crippen molar-refractivity contribution in [2.75, 3.05) is 4.90 Å². The number of nitriles is 1. The number of anilines is 1. The zero-order chi connectivity index (χ0) is 21.7. The normalized spacial score (nSPS) is 26.4. The number of Topliss-reactive ketones (excluding diaryl/α,β-unsaturated/α-hetero) is 1. The van der Waals surface area contributed by atoms with Gasteiger partial charge in [0.15, 0.2) is 5.78 Å². The summed E-state index contributed by atoms with van der Waals surface area (Å²) in [6.45, 7) is 1.93. The topological polar surface area (TPSA) is 81.5 Å². The summed E-state index contributed by atoms with van der Waals surface area (Å²) < 4.78 is 0. The van der Waals surface area contributed by atoms with Gasteiger partial charge < -0.3 is 4.90 Å². The second-order valence-corrected chi connectivity index (χ2v) is 8.06. The molecule has 0 radical (unpaired) electrons. The van der Waals surface area contributed by atoms with Crippen molar-refractivity contribution in [3.8, 4) is 6.07 Å². The fraction of sp³-hybridized carbons (Fsp3) is 0.200. The molecule has 0 bridgehead atoms. The zero-order valence-corrected chi connectivity index (χ0v) is 16.8. The maximum absolute atomic E-state index is 13.5. The Kier molecular flexibility index (Phi) is 4.33. The summed E-state index contributed by atoms with van der Waals surface area (Å²) in [4.78, 5) is 43.5. The van der Waals surface area contributed by atoms with Gasteiger partial charge in [-0.05, 0) is 31.2 Å². The molecule has 0 spiro atoms. The molecule has 3 aliphatic rings. The van der Waals surface area contributed by atoms with E-state index in [9.17, 15) is 19.6 Å². The van der Waals surface area contributed by atoms with E-state index >= 15 is 0 Å². The van der Waals surface area contributed by atoms with Gasteiger partial charge in [0.25, 0.3) is 0 Å². The summed E-state index contributed by atoms with van der Waals surface area (Å²) >= 11 is 0. The monoisotopic (exact) mass is 409 g/mol. The zero-order valence-electron chi connectivity index (χ0n) is 16.8. The van der Waals surface area contributed by atoms with Crippen LogP contribution in [0.2, 0.25) is 0 Å². The molecule has 0 saturated carbocycles. The lowest BCUT2D eigenvalue weighted by Crippen LogP contribution is -2.46. The molecule has 2 aromatic rings. The average Bonchev–Trinajstić information content (AvgIpc) is 3.26. The molecule has 31 heavy (non-hydrogen) atoms. The Balaban J connectivity index is 1.61. The Bertz CT molecular complexity index is 1190. The smallest absolute Gasteiger partial charge is 0.240 e. The highest BCUT2D eigenvalue weighted by atomic mass is 16.2. The molecule has 2 saturated heterocycles. The summed E-state index contributed by atoms with van der Waals surface area (Å²) in [7, 11) is 0. The predicted octanol–water partition coefficient (Wildman–Crippen LogP) is 3.01. The Morgan fingerprint density at radius 3 is 2.32 bits per heavy atom. The van der Waals surface area contributed by atoms with Crippen molar-refractivity contribution in [2.45, 2.75) is 19.0 Å². The van der Waals surface area contributed by atoms with E-state index in [1.807, 2.05) is 25.1 Å². The van der Waals surface area contributed by atoms with Crippen molar-refractivity contribution >= 4 is 23.3 Å². The summed E-state index contributed by atoms with van der Waals surface area (Å²) in [6, 6.07) is 16.8. The molecule has 152 valence electrons. The molecular weight excluding hydrogens is 390 g/mol. The van der Waals surface area contributed by atoms with Crippen LogP contribution in [0.3, 0.4) is 0 Å². The molecular formula is C25H19N3O3. The molecule has 3 aliphatic heterocycles. The number of carbonyl (C=O) groups excluding carboxylic acids is 3. The second-order valence-electron chi connectivity index (χ2n) is 8.06. The van der Waals surface area contributed by atoms with Crippen LogP contribution in [-0.2, 0) is 9.59 Å². The molecule has 0 unspecified atom stereocenters. The van der Waals surface area contributed by atoms with E-state index in [0.29, 0.717) is 16.8 Å². The van der Waals surface area contributed by atoms with Gasteiger partial charge in [0.2, 0.25) is 11.8 Å². The van der Waals surface area contributed by atoms with Crippen LogP contribution in [-0.4, -0.2) is 34.6 Å². The molecule has 2 fully saturated rings. The van der Waals surface area contributed by atoms with Crippen LogP contribution in [0.4, 0.5) is 5.69 Å². The minimum atomic E-state index is -0.814. The van der Waals surface area contributed by atoms with Gasteiger partial charge in [0.1, 0.15) is 6.04 Å². The summed E-state index contributed by atoms with van der Waals surface area (Å²) in [6.07, 6.45) is 4.99. The number of benzene rings is 2. The van der Waals surface area contributed by atoms with Gasteiger partial charge in [-0.15, -0.1) is 0 Å². The number of carbonyl (C=O) groups is 3. The number of rotatable bonds is 3. The van der Waals surface area contributed by atoms with Crippen LogP contribution in [0.25, 0.3) is 0 Å². The second kappa shape index (κ2) is 7.06. The number of imide groups is 1. The maximum Gasteiger partial charge on any atom is 0.240 e. The number of aryl methyl sites for hydroxylation is 1. The molecule has 0 aromatic heterocycles. The SMILES string of the molecule is Cc1ccc(N2C(=O)[C@@H]3[C@H](C2=O)[C@@H](C(=O)c2ccccc2)N2C=CC(C#N)=C[C@@H]32)cc1. The highest BCUT2D eigenvalue weighted by Crippen LogP contribution is 2.47. The molecule has 3 heterocycles. The average molecular weight is 409 g/mol. The van der Waals surface area contributed by atoms with Gasteiger partial charge in [-0.25, -0.2) is 4.90 Å². The molecule has 5 rings (SSSR count). The van der Waals surface area contributed by atoms with Crippen LogP contribution >= 0.6 is 0 Å². The largest absolute Gasteiger partial charge is 0.359 e. The first-order valence-electron chi connectivity index (χ1n) is 10.1. The first-order chi connectivity index (χ1) is 15.0. The molecule has 4 atom stereocenters. The third-order valence-electron chi connectivity index (χ3n) is 6.30. The fourth-order valence-electron chi connectivity index (χ4n) is 4.84. The van der Waals surface area contributed by atoms with Crippen molar-refractivity contribution in [3.63, 3.8) is 0 Å². The van der Waals surface area contributed by atoms with E-state index in [0.717, 1.165) is 5.56 Å². The maximum atomic E-state index is 13.5. The van der Waals surface area contributed by atoms with E-state index in [-0.39, 0.29) is 17.6 Å². The molecule has 0 N–H and O–H groups in total. The van der Waals surface area contributed by atoms with E-state index in [4.69, 9.17) is 0 Å². The quantitative estimate of drug-likeness (QED) is 0.575. The molecule has 2 aromatic carbocycles. The summed E-state index contributed by atoms with van der Waals surface area (Å²) in [5.41, 5.74) is 2.43. The van der Waals surface area contributed by atoms with E-state index < -0.39 is 23.9 Å². The predicted molar refractivity (Wildman–Crippen MR) is 114 cm³/mol. The van der Waals surface area contributed by atoms with Crippen LogP contribution in [0.15, 0.2) is 78.5 Å². The van der Waals surface area contributed by atoms with Crippen LogP contribution in [0.5, 0.6) is 0 Å². The van der Waals surface area contributed by atoms with Crippen LogP contribution in [0.1, 0.15) is 15.9 Å². The summed E-state index contributed by atoms with van der Waals surface area (Å²) in [5.74, 6) is -2.45. The number of allylic oxidation sites excluding steroid dienone is 2. The van der Waals surface area contributed by atoms with Gasteiger partial charge in [0, 0.05) is 11.8 Å². The Morgan fingerprint density at radius 2 is 1.65 bits per heavy atom. The lowest BCUT2D eigenvalue weighted by atomic mass is 9.86.